The van der Waals surface area contributed by atoms with E-state index in [9.17, 15) is 9.59 Å². The van der Waals surface area contributed by atoms with Crippen LogP contribution >= 0.6 is 0 Å². The van der Waals surface area contributed by atoms with E-state index in [-0.39, 0.29) is 22.9 Å². The summed E-state index contributed by atoms with van der Waals surface area (Å²) in [6.45, 7) is 28.7. The Morgan fingerprint density at radius 3 is 1.65 bits per heavy atom. The quantitative estimate of drug-likeness (QED) is 0.0162. The van der Waals surface area contributed by atoms with Gasteiger partial charge in [-0.2, -0.15) is 4.57 Å². The number of carbonyl (C=O) groups is 2. The van der Waals surface area contributed by atoms with Crippen LogP contribution < -0.4 is 42.6 Å². The monoisotopic (exact) mass is 1010 g/mol. The Kier molecular flexibility index (Phi) is 18.0. The third kappa shape index (κ3) is 14.7. The molecule has 394 valence electrons. The fourth-order valence-corrected chi connectivity index (χ4v) is 9.55. The van der Waals surface area contributed by atoms with Crippen LogP contribution in [0.1, 0.15) is 137 Å². The van der Waals surface area contributed by atoms with Crippen LogP contribution in [0.3, 0.4) is 0 Å². The number of rotatable bonds is 21. The van der Waals surface area contributed by atoms with E-state index in [2.05, 4.69) is 136 Å². The fraction of sp³-hybridized carbons (Fsp3) is 0.381. The highest BCUT2D eigenvalue weighted by molar-refractivity contribution is 6.13. The average Bonchev–Trinajstić information content (AvgIpc) is 3.35. The number of carbonyl (C=O) groups excluding carboxylic acids is 2. The summed E-state index contributed by atoms with van der Waals surface area (Å²) in [4.78, 5) is 36.0. The van der Waals surface area contributed by atoms with Crippen molar-refractivity contribution in [2.75, 3.05) is 43.0 Å². The summed E-state index contributed by atoms with van der Waals surface area (Å²) >= 11 is 0. The summed E-state index contributed by atoms with van der Waals surface area (Å²) in [5, 5.41) is 15.6. The van der Waals surface area contributed by atoms with Crippen LogP contribution in [0.15, 0.2) is 125 Å². The Morgan fingerprint density at radius 1 is 0.613 bits per heavy atom. The minimum absolute atomic E-state index is 0.0142. The minimum Gasteiger partial charge on any atom is -0.398 e. The van der Waals surface area contributed by atoms with E-state index in [4.69, 9.17) is 21.4 Å². The predicted octanol–water partition coefficient (Wildman–Crippen LogP) is 11.6. The second-order valence-corrected chi connectivity index (χ2v) is 22.5. The molecule has 5 aromatic carbocycles. The van der Waals surface area contributed by atoms with Gasteiger partial charge in [0.05, 0.1) is 11.3 Å². The van der Waals surface area contributed by atoms with Gasteiger partial charge in [-0.3, -0.25) is 9.59 Å². The van der Waals surface area contributed by atoms with E-state index < -0.39 is 0 Å². The lowest BCUT2D eigenvalue weighted by Gasteiger charge is -2.20. The summed E-state index contributed by atoms with van der Waals surface area (Å²) in [6.07, 6.45) is 12.3. The molecule has 10 N–H and O–H groups in total. The number of fused-ring (bicyclic) bond motifs is 2. The van der Waals surface area contributed by atoms with Crippen molar-refractivity contribution in [3.8, 4) is 11.1 Å². The maximum absolute atomic E-state index is 13.0. The number of anilines is 3. The van der Waals surface area contributed by atoms with E-state index >= 15 is 0 Å². The molecule has 0 fully saturated rings. The van der Waals surface area contributed by atoms with Gasteiger partial charge in [0.1, 0.15) is 16.7 Å². The van der Waals surface area contributed by atoms with Crippen LogP contribution in [0.4, 0.5) is 28.4 Å². The van der Waals surface area contributed by atoms with Crippen molar-refractivity contribution >= 4 is 68.0 Å². The standard InChI is InChI=1S/C63H80N10O2/c1-40-32-54(55(37-49(40)64)72-62(6,7)8)70-53-35-42(3)51(34-44(53)5)66-28-16-12-14-18-30-68-60(74)47-24-20-45(21-25-47)46-22-26-48(27-23-46)61(75)69-31-19-15-13-17-29-67-52-39-59-57(36-43(52)4)71-56-33-41(2)50(65)38-58(56)73(59)63(9,10)11/h20-27,32-39,66,72H,5,12-19,28-31,64H2,1-4,6-11H3,(H4,65,67,68,69,74,75)/p+2. The number of hydrogen-bond donors (Lipinski definition) is 7. The first kappa shape index (κ1) is 55.4. The Bertz CT molecular complexity index is 3150. The largest absolute Gasteiger partial charge is 0.398 e. The molecular formula is C63H82N10O2+2. The summed E-state index contributed by atoms with van der Waals surface area (Å²) in [7, 11) is 0. The van der Waals surface area contributed by atoms with Crippen molar-refractivity contribution in [2.45, 2.75) is 132 Å². The Hall–Kier alpha value is -7.31. The molecule has 1 aliphatic carbocycles. The molecule has 12 nitrogen and oxygen atoms in total. The van der Waals surface area contributed by atoms with E-state index in [0.29, 0.717) is 24.2 Å². The lowest BCUT2D eigenvalue weighted by atomic mass is 9.98. The normalized spacial score (nSPS) is 13.5. The third-order valence-corrected chi connectivity index (χ3v) is 13.8. The van der Waals surface area contributed by atoms with Crippen LogP contribution in [-0.2, 0) is 5.54 Å². The summed E-state index contributed by atoms with van der Waals surface area (Å²) in [6, 6.07) is 27.9. The molecule has 1 aromatic heterocycles. The first-order valence-electron chi connectivity index (χ1n) is 26.9. The lowest BCUT2D eigenvalue weighted by molar-refractivity contribution is -0.707. The number of allylic oxidation sites excluding steroid dienone is 4. The number of hydrogen-bond acceptors (Lipinski definition) is 8. The SMILES string of the molecule is C=C1C=C(NCCCCCCNC(=O)c2ccc(-c3ccc(C(=O)NCCCCCCNc4cc5c(cc4C)nc4cc(C)c(N)cc4[n+]5C(C)(C)C)cc3)cc2)C(C)=CC1=Nc1cc(C)c(N)cc1[NH2+]C(C)(C)C. The van der Waals surface area contributed by atoms with Gasteiger partial charge in [-0.15, -0.1) is 0 Å². The first-order chi connectivity index (χ1) is 35.6. The zero-order chi connectivity index (χ0) is 54.0. The number of benzene rings is 5. The number of nitrogens with two attached hydrogens (primary N) is 3. The summed E-state index contributed by atoms with van der Waals surface area (Å²) in [5.74, 6) is -0.145. The summed E-state index contributed by atoms with van der Waals surface area (Å²) < 4.78 is 2.35. The zero-order valence-corrected chi connectivity index (χ0v) is 46.3. The molecular weight excluding hydrogens is 929 g/mol. The number of unbranched alkanes of at least 4 members (excludes halogenated alkanes) is 6. The molecule has 2 amide bonds. The molecule has 0 radical (unpaired) electrons. The van der Waals surface area contributed by atoms with Crippen molar-refractivity contribution in [1.29, 1.82) is 0 Å². The fourth-order valence-electron chi connectivity index (χ4n) is 9.55. The second kappa shape index (κ2) is 24.4. The number of nitrogens with one attached hydrogen (secondary N) is 4. The molecule has 0 spiro atoms. The Morgan fingerprint density at radius 2 is 1.11 bits per heavy atom. The molecule has 12 heteroatoms. The molecule has 0 bridgehead atoms. The van der Waals surface area contributed by atoms with Crippen molar-refractivity contribution in [1.82, 2.24) is 20.9 Å². The smallest absolute Gasteiger partial charge is 0.251 e. The van der Waals surface area contributed by atoms with Gasteiger partial charge >= 0.3 is 0 Å². The van der Waals surface area contributed by atoms with Crippen molar-refractivity contribution < 1.29 is 19.5 Å². The minimum atomic E-state index is -0.172. The predicted molar refractivity (Wildman–Crippen MR) is 313 cm³/mol. The zero-order valence-electron chi connectivity index (χ0n) is 46.3. The molecule has 75 heavy (non-hydrogen) atoms. The molecule has 0 aliphatic heterocycles. The first-order valence-corrected chi connectivity index (χ1v) is 26.9. The van der Waals surface area contributed by atoms with Crippen molar-refractivity contribution in [3.63, 3.8) is 0 Å². The number of aromatic nitrogens is 2. The van der Waals surface area contributed by atoms with Crippen molar-refractivity contribution in [3.05, 3.63) is 148 Å². The molecule has 1 aliphatic rings. The highest BCUT2D eigenvalue weighted by atomic mass is 16.2. The molecule has 0 atom stereocenters. The van der Waals surface area contributed by atoms with Crippen LogP contribution in [0.25, 0.3) is 33.2 Å². The molecule has 0 saturated carbocycles. The van der Waals surface area contributed by atoms with E-state index in [1.54, 1.807) is 0 Å². The number of aliphatic imine (C=N–C) groups is 1. The van der Waals surface area contributed by atoms with Crippen LogP contribution in [0.2, 0.25) is 0 Å². The molecule has 6 aromatic rings. The Balaban J connectivity index is 0.762. The van der Waals surface area contributed by atoms with Gasteiger partial charge in [-0.25, -0.2) is 9.98 Å². The van der Waals surface area contributed by atoms with Gasteiger partial charge in [0.2, 0.25) is 11.0 Å². The number of amides is 2. The van der Waals surface area contributed by atoms with Gasteiger partial charge in [-0.05, 0) is 168 Å². The van der Waals surface area contributed by atoms with Gasteiger partial charge in [0.25, 0.3) is 11.8 Å². The van der Waals surface area contributed by atoms with Crippen LogP contribution in [0.5, 0.6) is 0 Å². The molecule has 1 heterocycles. The van der Waals surface area contributed by atoms with E-state index in [0.717, 1.165) is 160 Å². The van der Waals surface area contributed by atoms with Gasteiger partial charge < -0.3 is 38.1 Å². The average molecular weight is 1010 g/mol. The van der Waals surface area contributed by atoms with Gasteiger partial charge in [-0.1, -0.05) is 56.5 Å². The number of nitrogen functional groups attached to an aromatic ring is 2. The second-order valence-electron chi connectivity index (χ2n) is 22.5. The number of nitrogens with zero attached hydrogens (tertiary/aromatic N) is 3. The van der Waals surface area contributed by atoms with Crippen molar-refractivity contribution in [2.24, 2.45) is 4.99 Å². The van der Waals surface area contributed by atoms with E-state index in [1.807, 2.05) is 68.4 Å². The lowest BCUT2D eigenvalue weighted by Crippen LogP contribution is -2.89. The highest BCUT2D eigenvalue weighted by Crippen LogP contribution is 2.31. The molecule has 0 saturated heterocycles. The Labute approximate surface area is 445 Å². The maximum atomic E-state index is 13.0. The molecule has 0 unspecified atom stereocenters. The third-order valence-electron chi connectivity index (χ3n) is 13.8. The van der Waals surface area contributed by atoms with Gasteiger partial charge in [0, 0.05) is 99.0 Å². The topological polar surface area (TPSA) is 180 Å². The van der Waals surface area contributed by atoms with Crippen LogP contribution in [-0.4, -0.2) is 54.2 Å². The highest BCUT2D eigenvalue weighted by Gasteiger charge is 2.30. The van der Waals surface area contributed by atoms with Gasteiger partial charge in [0.15, 0.2) is 11.2 Å². The summed E-state index contributed by atoms with van der Waals surface area (Å²) in [5.41, 5.74) is 31.4. The maximum Gasteiger partial charge on any atom is 0.251 e. The number of aryl methyl sites for hydroxylation is 3. The van der Waals surface area contributed by atoms with Crippen LogP contribution in [0, 0.1) is 20.8 Å². The molecule has 7 rings (SSSR count). The van der Waals surface area contributed by atoms with E-state index in [1.165, 1.54) is 5.56 Å². The number of quaternary nitrogens is 1.